The maximum atomic E-state index is 12.7. The molecule has 0 radical (unpaired) electrons. The lowest BCUT2D eigenvalue weighted by Gasteiger charge is -2.18. The van der Waals surface area contributed by atoms with Crippen LogP contribution in [0.25, 0.3) is 11.2 Å². The highest BCUT2D eigenvalue weighted by Crippen LogP contribution is 2.43. The first-order valence-electron chi connectivity index (χ1n) is 11.9. The molecule has 1 saturated heterocycles. The number of imidazole rings is 1. The fourth-order valence-electron chi connectivity index (χ4n) is 4.60. The van der Waals surface area contributed by atoms with Gasteiger partial charge in [0.15, 0.2) is 23.2 Å². The topological polar surface area (TPSA) is 141 Å². The molecule has 1 saturated carbocycles. The fourth-order valence-corrected chi connectivity index (χ4v) is 5.82. The SMILES string of the molecule is CP(=O)(COC[C@H]1O[C@@H](n2cnc3c(NC4CCCC4)nc(Cl)nc32)[C@H](O)[C@@H]1O)Oc1ccccc1. The summed E-state index contributed by atoms with van der Waals surface area (Å²) in [5.41, 5.74) is 0.879. The van der Waals surface area contributed by atoms with Crippen molar-refractivity contribution in [3.63, 3.8) is 0 Å². The number of aliphatic hydroxyl groups is 2. The van der Waals surface area contributed by atoms with Gasteiger partial charge in [0.05, 0.1) is 12.9 Å². The van der Waals surface area contributed by atoms with Crippen molar-refractivity contribution in [2.24, 2.45) is 0 Å². The summed E-state index contributed by atoms with van der Waals surface area (Å²) in [6, 6.07) is 9.11. The molecule has 3 aromatic rings. The van der Waals surface area contributed by atoms with Crippen LogP contribution in [0.3, 0.4) is 0 Å². The van der Waals surface area contributed by atoms with Crippen LogP contribution >= 0.6 is 19.0 Å². The van der Waals surface area contributed by atoms with Gasteiger partial charge in [-0.05, 0) is 36.6 Å². The monoisotopic (exact) mass is 537 g/mol. The van der Waals surface area contributed by atoms with Crippen molar-refractivity contribution in [1.82, 2.24) is 19.5 Å². The smallest absolute Gasteiger partial charge is 0.269 e. The van der Waals surface area contributed by atoms with Crippen LogP contribution < -0.4 is 9.84 Å². The summed E-state index contributed by atoms with van der Waals surface area (Å²) in [6.07, 6.45) is 1.34. The van der Waals surface area contributed by atoms with Crippen LogP contribution in [0.4, 0.5) is 5.82 Å². The van der Waals surface area contributed by atoms with E-state index < -0.39 is 31.9 Å². The zero-order valence-corrected chi connectivity index (χ0v) is 21.4. The Bertz CT molecular complexity index is 1240. The summed E-state index contributed by atoms with van der Waals surface area (Å²) in [5.74, 6) is 1.01. The number of anilines is 1. The van der Waals surface area contributed by atoms with E-state index in [1.807, 2.05) is 6.07 Å². The van der Waals surface area contributed by atoms with Crippen LogP contribution in [0.5, 0.6) is 5.75 Å². The van der Waals surface area contributed by atoms with Gasteiger partial charge < -0.3 is 29.5 Å². The third-order valence-electron chi connectivity index (χ3n) is 6.35. The predicted octanol–water partition coefficient (Wildman–Crippen LogP) is 3.41. The number of nitrogens with zero attached hydrogens (tertiary/aromatic N) is 4. The first kappa shape index (κ1) is 25.4. The zero-order chi connectivity index (χ0) is 25.3. The van der Waals surface area contributed by atoms with Gasteiger partial charge in [-0.25, -0.2) is 4.98 Å². The molecule has 3 heterocycles. The largest absolute Gasteiger partial charge is 0.441 e. The molecule has 1 unspecified atom stereocenters. The molecule has 5 rings (SSSR count). The Labute approximate surface area is 213 Å². The second-order valence-electron chi connectivity index (χ2n) is 9.26. The van der Waals surface area contributed by atoms with Gasteiger partial charge in [0, 0.05) is 12.7 Å². The average Bonchev–Trinajstić information content (AvgIpc) is 3.56. The molecular weight excluding hydrogens is 509 g/mol. The molecule has 194 valence electrons. The van der Waals surface area contributed by atoms with E-state index in [1.54, 1.807) is 24.3 Å². The van der Waals surface area contributed by atoms with Gasteiger partial charge in [-0.2, -0.15) is 9.97 Å². The summed E-state index contributed by atoms with van der Waals surface area (Å²) >= 11 is 6.19. The van der Waals surface area contributed by atoms with Gasteiger partial charge >= 0.3 is 0 Å². The van der Waals surface area contributed by atoms with E-state index in [0.717, 1.165) is 25.7 Å². The Hall–Kier alpha value is -2.27. The first-order chi connectivity index (χ1) is 17.3. The second kappa shape index (κ2) is 10.6. The quantitative estimate of drug-likeness (QED) is 0.274. The number of aliphatic hydroxyl groups excluding tert-OH is 2. The molecule has 13 heteroatoms. The van der Waals surface area contributed by atoms with Crippen molar-refractivity contribution < 1.29 is 28.8 Å². The van der Waals surface area contributed by atoms with Crippen molar-refractivity contribution in [1.29, 1.82) is 0 Å². The van der Waals surface area contributed by atoms with E-state index in [9.17, 15) is 14.8 Å². The predicted molar refractivity (Wildman–Crippen MR) is 134 cm³/mol. The summed E-state index contributed by atoms with van der Waals surface area (Å²) < 4.78 is 31.3. The second-order valence-corrected chi connectivity index (χ2v) is 12.1. The fraction of sp³-hybridized carbons (Fsp3) is 0.522. The number of rotatable bonds is 9. The Kier molecular flexibility index (Phi) is 7.48. The van der Waals surface area contributed by atoms with Crippen LogP contribution in [0.2, 0.25) is 5.28 Å². The number of para-hydroxylation sites is 1. The molecule has 5 atom stereocenters. The summed E-state index contributed by atoms with van der Waals surface area (Å²) in [7, 11) is -3.10. The van der Waals surface area contributed by atoms with E-state index >= 15 is 0 Å². The van der Waals surface area contributed by atoms with Crippen molar-refractivity contribution >= 4 is 36.0 Å². The van der Waals surface area contributed by atoms with Crippen LogP contribution in [0.15, 0.2) is 36.7 Å². The third kappa shape index (κ3) is 5.51. The number of ether oxygens (including phenoxy) is 2. The van der Waals surface area contributed by atoms with Crippen LogP contribution in [0, 0.1) is 0 Å². The molecule has 2 aliphatic rings. The van der Waals surface area contributed by atoms with Crippen molar-refractivity contribution in [3.8, 4) is 5.75 Å². The Morgan fingerprint density at radius 3 is 2.69 bits per heavy atom. The molecule has 1 aliphatic carbocycles. The Morgan fingerprint density at radius 2 is 1.94 bits per heavy atom. The molecule has 1 aliphatic heterocycles. The number of nitrogens with one attached hydrogen (secondary N) is 1. The van der Waals surface area contributed by atoms with Gasteiger partial charge in [-0.1, -0.05) is 31.0 Å². The lowest BCUT2D eigenvalue weighted by Crippen LogP contribution is -2.34. The van der Waals surface area contributed by atoms with Gasteiger partial charge in [0.1, 0.15) is 30.4 Å². The normalized spacial score (nSPS) is 26.3. The molecule has 36 heavy (non-hydrogen) atoms. The third-order valence-corrected chi connectivity index (χ3v) is 7.77. The van der Waals surface area contributed by atoms with Gasteiger partial charge in [0.2, 0.25) is 5.28 Å². The number of fused-ring (bicyclic) bond motifs is 1. The van der Waals surface area contributed by atoms with Gasteiger partial charge in [0.25, 0.3) is 7.37 Å². The standard InChI is InChI=1S/C23H29ClN5O6P/c1-36(32,35-15-9-3-2-4-10-15)13-33-11-16-18(30)19(31)22(34-16)29-12-25-17-20(26-14-7-5-6-8-14)27-23(24)28-21(17)29/h2-4,9-10,12,14,16,18-19,22,30-31H,5-8,11,13H2,1H3,(H,26,27,28)/t16-,18-,19-,22-,36?/m1/s1. The molecule has 2 aromatic heterocycles. The minimum absolute atomic E-state index is 0.0368. The van der Waals surface area contributed by atoms with Gasteiger partial charge in [-0.15, -0.1) is 0 Å². The number of hydrogen-bond donors (Lipinski definition) is 3. The van der Waals surface area contributed by atoms with Crippen molar-refractivity contribution in [2.45, 2.75) is 56.3 Å². The summed E-state index contributed by atoms with van der Waals surface area (Å²) in [6.45, 7) is 1.38. The maximum Gasteiger partial charge on any atom is 0.269 e. The van der Waals surface area contributed by atoms with E-state index in [-0.39, 0.29) is 18.2 Å². The summed E-state index contributed by atoms with van der Waals surface area (Å²) in [4.78, 5) is 13.0. The highest BCUT2D eigenvalue weighted by molar-refractivity contribution is 7.58. The van der Waals surface area contributed by atoms with Crippen LogP contribution in [0.1, 0.15) is 31.9 Å². The molecule has 11 nitrogen and oxygen atoms in total. The maximum absolute atomic E-state index is 12.7. The van der Waals surface area contributed by atoms with Crippen molar-refractivity contribution in [2.75, 3.05) is 24.9 Å². The van der Waals surface area contributed by atoms with Crippen LogP contribution in [-0.4, -0.2) is 73.7 Å². The van der Waals surface area contributed by atoms with Crippen LogP contribution in [-0.2, 0) is 14.0 Å². The highest BCUT2D eigenvalue weighted by atomic mass is 35.5. The van der Waals surface area contributed by atoms with Crippen molar-refractivity contribution in [3.05, 3.63) is 41.9 Å². The Morgan fingerprint density at radius 1 is 1.19 bits per heavy atom. The first-order valence-corrected chi connectivity index (χ1v) is 14.5. The molecule has 0 amide bonds. The van der Waals surface area contributed by atoms with Gasteiger partial charge in [-0.3, -0.25) is 9.13 Å². The molecule has 1 aromatic carbocycles. The van der Waals surface area contributed by atoms with E-state index in [2.05, 4.69) is 20.3 Å². The molecular formula is C23H29ClN5O6P. The molecule has 0 spiro atoms. The average molecular weight is 538 g/mol. The zero-order valence-electron chi connectivity index (χ0n) is 19.7. The molecule has 0 bridgehead atoms. The van der Waals surface area contributed by atoms with E-state index in [0.29, 0.717) is 28.8 Å². The number of benzene rings is 1. The number of halogens is 1. The molecule has 3 N–H and O–H groups in total. The lowest BCUT2D eigenvalue weighted by molar-refractivity contribution is -0.0606. The summed E-state index contributed by atoms with van der Waals surface area (Å²) in [5, 5.41) is 24.8. The lowest BCUT2D eigenvalue weighted by atomic mass is 10.1. The molecule has 2 fully saturated rings. The number of aromatic nitrogens is 4. The van der Waals surface area contributed by atoms with E-state index in [4.69, 9.17) is 25.6 Å². The minimum Gasteiger partial charge on any atom is -0.441 e. The number of hydrogen-bond acceptors (Lipinski definition) is 10. The highest BCUT2D eigenvalue weighted by Gasteiger charge is 2.44. The Balaban J connectivity index is 1.26. The minimum atomic E-state index is -3.10. The van der Waals surface area contributed by atoms with E-state index in [1.165, 1.54) is 17.6 Å².